The van der Waals surface area contributed by atoms with Gasteiger partial charge in [-0.15, -0.1) is 0 Å². The zero-order valence-corrected chi connectivity index (χ0v) is 18.0. The van der Waals surface area contributed by atoms with Gasteiger partial charge in [-0.2, -0.15) is 13.2 Å². The first-order valence-corrected chi connectivity index (χ1v) is 9.97. The number of ether oxygens (including phenoxy) is 1. The molecule has 0 saturated carbocycles. The molecule has 0 spiro atoms. The lowest BCUT2D eigenvalue weighted by atomic mass is 10.0. The van der Waals surface area contributed by atoms with E-state index in [1.54, 1.807) is 36.4 Å². The van der Waals surface area contributed by atoms with Crippen LogP contribution >= 0.6 is 15.9 Å². The maximum absolute atomic E-state index is 12.6. The zero-order valence-electron chi connectivity index (χ0n) is 16.4. The summed E-state index contributed by atoms with van der Waals surface area (Å²) in [7, 11) is 0. The number of halogens is 4. The van der Waals surface area contributed by atoms with Gasteiger partial charge in [0.25, 0.3) is 5.91 Å². The normalized spacial score (nSPS) is 12.4. The summed E-state index contributed by atoms with van der Waals surface area (Å²) < 4.78 is 41.8. The number of rotatable bonds is 8. The standard InChI is InChI=1S/C21H22BrF3N2O3/c1-13(2)18(27-19(28)16-5-3-4-6-17(16)22)20(29)26-11-14-7-9-15(10-8-14)30-12-21(23,24)25/h3-10,13,18H,11-12H2,1-2H3,(H,26,29)(H,27,28). The highest BCUT2D eigenvalue weighted by Gasteiger charge is 2.28. The molecule has 2 aromatic rings. The van der Waals surface area contributed by atoms with E-state index < -0.39 is 18.8 Å². The number of carbonyl (C=O) groups excluding carboxylic acids is 2. The lowest BCUT2D eigenvalue weighted by Crippen LogP contribution is -2.49. The van der Waals surface area contributed by atoms with E-state index in [1.807, 2.05) is 13.8 Å². The number of carbonyl (C=O) groups is 2. The summed E-state index contributed by atoms with van der Waals surface area (Å²) in [5, 5.41) is 5.48. The number of hydrogen-bond donors (Lipinski definition) is 2. The maximum Gasteiger partial charge on any atom is 0.422 e. The van der Waals surface area contributed by atoms with Gasteiger partial charge in [-0.05, 0) is 51.7 Å². The van der Waals surface area contributed by atoms with Crippen molar-refractivity contribution in [3.05, 3.63) is 64.1 Å². The van der Waals surface area contributed by atoms with Crippen LogP contribution in [-0.2, 0) is 11.3 Å². The van der Waals surface area contributed by atoms with E-state index in [2.05, 4.69) is 31.3 Å². The van der Waals surface area contributed by atoms with Crippen LogP contribution < -0.4 is 15.4 Å². The molecule has 1 atom stereocenters. The Kier molecular flexibility index (Phi) is 8.28. The Morgan fingerprint density at radius 3 is 2.27 bits per heavy atom. The van der Waals surface area contributed by atoms with Gasteiger partial charge >= 0.3 is 6.18 Å². The minimum atomic E-state index is -4.40. The van der Waals surface area contributed by atoms with Gasteiger partial charge in [0.2, 0.25) is 5.91 Å². The third kappa shape index (κ3) is 7.37. The molecular weight excluding hydrogens is 465 g/mol. The van der Waals surface area contributed by atoms with Crippen LogP contribution in [0.25, 0.3) is 0 Å². The molecule has 0 heterocycles. The van der Waals surface area contributed by atoms with E-state index in [-0.39, 0.29) is 30.0 Å². The van der Waals surface area contributed by atoms with Crippen LogP contribution in [0.1, 0.15) is 29.8 Å². The minimum Gasteiger partial charge on any atom is -0.484 e. The first-order chi connectivity index (χ1) is 14.1. The Balaban J connectivity index is 1.94. The van der Waals surface area contributed by atoms with Crippen LogP contribution in [0, 0.1) is 5.92 Å². The predicted molar refractivity (Wildman–Crippen MR) is 110 cm³/mol. The Bertz CT molecular complexity index is 871. The Morgan fingerprint density at radius 1 is 1.07 bits per heavy atom. The molecule has 0 aliphatic carbocycles. The first-order valence-electron chi connectivity index (χ1n) is 9.18. The Labute approximate surface area is 181 Å². The number of amides is 2. The third-order valence-corrected chi connectivity index (χ3v) is 4.84. The lowest BCUT2D eigenvalue weighted by molar-refractivity contribution is -0.153. The fourth-order valence-electron chi connectivity index (χ4n) is 2.57. The van der Waals surface area contributed by atoms with Gasteiger partial charge in [-0.25, -0.2) is 0 Å². The van der Waals surface area contributed by atoms with Crippen molar-refractivity contribution in [2.24, 2.45) is 5.92 Å². The van der Waals surface area contributed by atoms with Gasteiger partial charge in [0, 0.05) is 11.0 Å². The quantitative estimate of drug-likeness (QED) is 0.578. The van der Waals surface area contributed by atoms with Crippen LogP contribution in [0.4, 0.5) is 13.2 Å². The molecule has 0 aromatic heterocycles. The fraction of sp³-hybridized carbons (Fsp3) is 0.333. The van der Waals surface area contributed by atoms with E-state index in [0.717, 1.165) is 0 Å². The number of hydrogen-bond acceptors (Lipinski definition) is 3. The summed E-state index contributed by atoms with van der Waals surface area (Å²) in [6.07, 6.45) is -4.40. The monoisotopic (exact) mass is 486 g/mol. The summed E-state index contributed by atoms with van der Waals surface area (Å²) >= 11 is 3.32. The number of nitrogens with one attached hydrogen (secondary N) is 2. The summed E-state index contributed by atoms with van der Waals surface area (Å²) in [5.74, 6) is -0.803. The van der Waals surface area contributed by atoms with Gasteiger partial charge in [0.15, 0.2) is 6.61 Å². The zero-order chi connectivity index (χ0) is 22.3. The van der Waals surface area contributed by atoms with Crippen molar-refractivity contribution in [1.29, 1.82) is 0 Å². The highest BCUT2D eigenvalue weighted by molar-refractivity contribution is 9.10. The molecule has 0 aliphatic heterocycles. The van der Waals surface area contributed by atoms with Gasteiger partial charge in [-0.3, -0.25) is 9.59 Å². The summed E-state index contributed by atoms with van der Waals surface area (Å²) in [6, 6.07) is 12.1. The fourth-order valence-corrected chi connectivity index (χ4v) is 3.03. The topological polar surface area (TPSA) is 67.4 Å². The maximum atomic E-state index is 12.6. The molecular formula is C21H22BrF3N2O3. The van der Waals surface area contributed by atoms with Crippen molar-refractivity contribution in [3.63, 3.8) is 0 Å². The van der Waals surface area contributed by atoms with Gasteiger partial charge in [0.05, 0.1) is 5.56 Å². The van der Waals surface area contributed by atoms with E-state index in [0.29, 0.717) is 15.6 Å². The second-order valence-corrected chi connectivity index (χ2v) is 7.79. The molecule has 0 bridgehead atoms. The van der Waals surface area contributed by atoms with E-state index in [1.165, 1.54) is 12.1 Å². The first kappa shape index (κ1) is 23.7. The van der Waals surface area contributed by atoms with Crippen molar-refractivity contribution in [2.45, 2.75) is 32.6 Å². The molecule has 2 rings (SSSR count). The lowest BCUT2D eigenvalue weighted by Gasteiger charge is -2.22. The second kappa shape index (κ2) is 10.5. The molecule has 5 nitrogen and oxygen atoms in total. The molecule has 0 radical (unpaired) electrons. The Hall–Kier alpha value is -2.55. The molecule has 2 amide bonds. The SMILES string of the molecule is CC(C)C(NC(=O)c1ccccc1Br)C(=O)NCc1ccc(OCC(F)(F)F)cc1. The number of benzene rings is 2. The number of alkyl halides is 3. The molecule has 9 heteroatoms. The van der Waals surface area contributed by atoms with Gasteiger partial charge in [0.1, 0.15) is 11.8 Å². The smallest absolute Gasteiger partial charge is 0.422 e. The van der Waals surface area contributed by atoms with Crippen molar-refractivity contribution in [2.75, 3.05) is 6.61 Å². The molecule has 0 aliphatic rings. The van der Waals surface area contributed by atoms with Crippen LogP contribution in [0.3, 0.4) is 0 Å². The second-order valence-electron chi connectivity index (χ2n) is 6.94. The van der Waals surface area contributed by atoms with Crippen molar-refractivity contribution in [1.82, 2.24) is 10.6 Å². The largest absolute Gasteiger partial charge is 0.484 e. The average Bonchev–Trinajstić information content (AvgIpc) is 2.68. The van der Waals surface area contributed by atoms with Crippen LogP contribution in [-0.4, -0.2) is 30.6 Å². The van der Waals surface area contributed by atoms with E-state index in [9.17, 15) is 22.8 Å². The molecule has 2 aromatic carbocycles. The summed E-state index contributed by atoms with van der Waals surface area (Å²) in [4.78, 5) is 25.1. The predicted octanol–water partition coefficient (Wildman–Crippen LogP) is 4.46. The molecule has 0 fully saturated rings. The van der Waals surface area contributed by atoms with Crippen molar-refractivity contribution < 1.29 is 27.5 Å². The van der Waals surface area contributed by atoms with Crippen molar-refractivity contribution >= 4 is 27.7 Å². The highest BCUT2D eigenvalue weighted by atomic mass is 79.9. The van der Waals surface area contributed by atoms with Crippen LogP contribution in [0.15, 0.2) is 53.0 Å². The Morgan fingerprint density at radius 2 is 1.70 bits per heavy atom. The molecule has 30 heavy (non-hydrogen) atoms. The molecule has 1 unspecified atom stereocenters. The van der Waals surface area contributed by atoms with Crippen LogP contribution in [0.5, 0.6) is 5.75 Å². The summed E-state index contributed by atoms with van der Waals surface area (Å²) in [6.45, 7) is 2.43. The minimum absolute atomic E-state index is 0.0863. The van der Waals surface area contributed by atoms with Gasteiger partial charge in [-0.1, -0.05) is 38.1 Å². The molecule has 0 saturated heterocycles. The third-order valence-electron chi connectivity index (χ3n) is 4.15. The highest BCUT2D eigenvalue weighted by Crippen LogP contribution is 2.19. The van der Waals surface area contributed by atoms with Gasteiger partial charge < -0.3 is 15.4 Å². The molecule has 162 valence electrons. The van der Waals surface area contributed by atoms with Crippen molar-refractivity contribution in [3.8, 4) is 5.75 Å². The van der Waals surface area contributed by atoms with E-state index in [4.69, 9.17) is 0 Å². The molecule has 2 N–H and O–H groups in total. The van der Waals surface area contributed by atoms with E-state index >= 15 is 0 Å². The average molecular weight is 487 g/mol. The van der Waals surface area contributed by atoms with Crippen LogP contribution in [0.2, 0.25) is 0 Å². The summed E-state index contributed by atoms with van der Waals surface area (Å²) in [5.41, 5.74) is 1.10.